The number of aromatic amines is 1. The summed E-state index contributed by atoms with van der Waals surface area (Å²) in [7, 11) is 0. The molecule has 3 aromatic heterocycles. The SMILES string of the molecule is O=C(O)N(c1cncc(-c2c[nH]c3ccc(-c4ccccc4F)nc23)c1)C1CCNCC1. The minimum atomic E-state index is -0.991. The quantitative estimate of drug-likeness (QED) is 0.437. The van der Waals surface area contributed by atoms with Crippen LogP contribution in [-0.2, 0) is 0 Å². The van der Waals surface area contributed by atoms with Gasteiger partial charge in [-0.05, 0) is 56.3 Å². The minimum absolute atomic E-state index is 0.0976. The smallest absolute Gasteiger partial charge is 0.412 e. The van der Waals surface area contributed by atoms with E-state index in [1.165, 1.54) is 11.0 Å². The standard InChI is InChI=1S/C24H22FN5O2/c25-20-4-2-1-3-18(20)21-5-6-22-23(29-21)19(14-28-22)15-11-17(13-27-12-15)30(24(31)32)16-7-9-26-10-8-16/h1-6,11-14,16,26,28H,7-10H2,(H,31,32). The molecule has 7 nitrogen and oxygen atoms in total. The Bertz CT molecular complexity index is 1280. The summed E-state index contributed by atoms with van der Waals surface area (Å²) in [6.45, 7) is 1.57. The maximum absolute atomic E-state index is 14.3. The number of aromatic nitrogens is 3. The highest BCUT2D eigenvalue weighted by Crippen LogP contribution is 2.32. The fourth-order valence-electron chi connectivity index (χ4n) is 4.29. The third-order valence-corrected chi connectivity index (χ3v) is 5.87. The number of benzene rings is 1. The van der Waals surface area contributed by atoms with Crippen LogP contribution in [0, 0.1) is 5.82 Å². The zero-order valence-corrected chi connectivity index (χ0v) is 17.3. The van der Waals surface area contributed by atoms with Crippen LogP contribution >= 0.6 is 0 Å². The third kappa shape index (κ3) is 3.69. The molecule has 1 saturated heterocycles. The lowest BCUT2D eigenvalue weighted by Gasteiger charge is -2.32. The Morgan fingerprint density at radius 2 is 1.91 bits per heavy atom. The normalized spacial score (nSPS) is 14.5. The lowest BCUT2D eigenvalue weighted by molar-refractivity contribution is 0.197. The highest BCUT2D eigenvalue weighted by molar-refractivity contribution is 5.95. The van der Waals surface area contributed by atoms with Crippen LogP contribution in [0.4, 0.5) is 14.9 Å². The molecular weight excluding hydrogens is 409 g/mol. The van der Waals surface area contributed by atoms with Gasteiger partial charge in [-0.25, -0.2) is 14.2 Å². The summed E-state index contributed by atoms with van der Waals surface area (Å²) < 4.78 is 14.3. The summed E-state index contributed by atoms with van der Waals surface area (Å²) in [5, 5.41) is 13.1. The molecule has 1 fully saturated rings. The van der Waals surface area contributed by atoms with Crippen molar-refractivity contribution in [1.82, 2.24) is 20.3 Å². The van der Waals surface area contributed by atoms with Crippen molar-refractivity contribution in [2.45, 2.75) is 18.9 Å². The van der Waals surface area contributed by atoms with Crippen LogP contribution in [0.1, 0.15) is 12.8 Å². The van der Waals surface area contributed by atoms with Crippen molar-refractivity contribution in [3.8, 4) is 22.4 Å². The predicted octanol–water partition coefficient (Wildman–Crippen LogP) is 4.67. The Labute approximate surface area is 183 Å². The third-order valence-electron chi connectivity index (χ3n) is 5.87. The molecule has 1 aliphatic rings. The number of amides is 1. The Kier molecular flexibility index (Phi) is 5.28. The molecule has 5 rings (SSSR count). The van der Waals surface area contributed by atoms with Gasteiger partial charge in [-0.1, -0.05) is 12.1 Å². The van der Waals surface area contributed by atoms with Gasteiger partial charge in [-0.2, -0.15) is 0 Å². The fraction of sp³-hybridized carbons (Fsp3) is 0.208. The molecule has 162 valence electrons. The lowest BCUT2D eigenvalue weighted by atomic mass is 10.0. The number of hydrogen-bond acceptors (Lipinski definition) is 4. The minimum Gasteiger partial charge on any atom is -0.465 e. The van der Waals surface area contributed by atoms with Gasteiger partial charge in [0, 0.05) is 35.1 Å². The molecular formula is C24H22FN5O2. The van der Waals surface area contributed by atoms with E-state index in [1.54, 1.807) is 36.7 Å². The van der Waals surface area contributed by atoms with E-state index in [0.717, 1.165) is 42.6 Å². The van der Waals surface area contributed by atoms with E-state index in [9.17, 15) is 14.3 Å². The molecule has 32 heavy (non-hydrogen) atoms. The van der Waals surface area contributed by atoms with Gasteiger partial charge < -0.3 is 15.4 Å². The first-order valence-corrected chi connectivity index (χ1v) is 10.5. The van der Waals surface area contributed by atoms with Gasteiger partial charge in [0.05, 0.1) is 28.6 Å². The number of piperidine rings is 1. The molecule has 0 saturated carbocycles. The van der Waals surface area contributed by atoms with E-state index < -0.39 is 6.09 Å². The maximum atomic E-state index is 14.3. The van der Waals surface area contributed by atoms with Gasteiger partial charge in [0.1, 0.15) is 5.82 Å². The second-order valence-electron chi connectivity index (χ2n) is 7.84. The van der Waals surface area contributed by atoms with Crippen molar-refractivity contribution in [2.24, 2.45) is 0 Å². The van der Waals surface area contributed by atoms with Crippen molar-refractivity contribution in [3.05, 3.63) is 66.9 Å². The molecule has 0 radical (unpaired) electrons. The predicted molar refractivity (Wildman–Crippen MR) is 121 cm³/mol. The van der Waals surface area contributed by atoms with Crippen LogP contribution < -0.4 is 10.2 Å². The largest absolute Gasteiger partial charge is 0.465 e. The molecule has 1 amide bonds. The van der Waals surface area contributed by atoms with Gasteiger partial charge in [0.25, 0.3) is 0 Å². The van der Waals surface area contributed by atoms with Crippen molar-refractivity contribution in [2.75, 3.05) is 18.0 Å². The Morgan fingerprint density at radius 1 is 1.09 bits per heavy atom. The molecule has 0 atom stereocenters. The van der Waals surface area contributed by atoms with Crippen molar-refractivity contribution < 1.29 is 14.3 Å². The van der Waals surface area contributed by atoms with E-state index in [2.05, 4.69) is 15.3 Å². The summed E-state index contributed by atoms with van der Waals surface area (Å²) in [5.74, 6) is -0.334. The number of rotatable bonds is 4. The first-order chi connectivity index (χ1) is 15.6. The molecule has 0 aliphatic carbocycles. The van der Waals surface area contributed by atoms with Gasteiger partial charge in [0.2, 0.25) is 0 Å². The van der Waals surface area contributed by atoms with Crippen LogP contribution in [0.3, 0.4) is 0 Å². The highest BCUT2D eigenvalue weighted by atomic mass is 19.1. The number of carbonyl (C=O) groups is 1. The van der Waals surface area contributed by atoms with Gasteiger partial charge >= 0.3 is 6.09 Å². The molecule has 1 aliphatic heterocycles. The monoisotopic (exact) mass is 431 g/mol. The zero-order valence-electron chi connectivity index (χ0n) is 17.3. The van der Waals surface area contributed by atoms with E-state index in [-0.39, 0.29) is 11.9 Å². The molecule has 1 aromatic carbocycles. The van der Waals surface area contributed by atoms with Crippen LogP contribution in [0.15, 0.2) is 61.1 Å². The first kappa shape index (κ1) is 20.1. The van der Waals surface area contributed by atoms with Crippen LogP contribution in [0.25, 0.3) is 33.4 Å². The zero-order chi connectivity index (χ0) is 22.1. The van der Waals surface area contributed by atoms with Crippen molar-refractivity contribution in [1.29, 1.82) is 0 Å². The Hall–Kier alpha value is -3.78. The highest BCUT2D eigenvalue weighted by Gasteiger charge is 2.27. The molecule has 4 aromatic rings. The maximum Gasteiger partial charge on any atom is 0.412 e. The Balaban J connectivity index is 1.56. The van der Waals surface area contributed by atoms with Gasteiger partial charge in [-0.3, -0.25) is 9.88 Å². The van der Waals surface area contributed by atoms with E-state index in [4.69, 9.17) is 4.98 Å². The topological polar surface area (TPSA) is 94.1 Å². The second kappa shape index (κ2) is 8.39. The summed E-state index contributed by atoms with van der Waals surface area (Å²) in [6, 6.07) is 11.9. The number of pyridine rings is 2. The van der Waals surface area contributed by atoms with Gasteiger partial charge in [-0.15, -0.1) is 0 Å². The molecule has 0 unspecified atom stereocenters. The fourth-order valence-corrected chi connectivity index (χ4v) is 4.29. The van der Waals surface area contributed by atoms with Crippen molar-refractivity contribution >= 4 is 22.8 Å². The Morgan fingerprint density at radius 3 is 2.69 bits per heavy atom. The second-order valence-corrected chi connectivity index (χ2v) is 7.84. The number of carboxylic acid groups (broad SMARTS) is 1. The number of H-pyrrole nitrogens is 1. The molecule has 8 heteroatoms. The summed E-state index contributed by atoms with van der Waals surface area (Å²) >= 11 is 0. The molecule has 3 N–H and O–H groups in total. The van der Waals surface area contributed by atoms with E-state index in [1.807, 2.05) is 18.3 Å². The van der Waals surface area contributed by atoms with Crippen molar-refractivity contribution in [3.63, 3.8) is 0 Å². The number of nitrogens with one attached hydrogen (secondary N) is 2. The number of fused-ring (bicyclic) bond motifs is 1. The number of anilines is 1. The summed E-state index contributed by atoms with van der Waals surface area (Å²) in [5.41, 5.74) is 4.49. The average molecular weight is 431 g/mol. The van der Waals surface area contributed by atoms with E-state index in [0.29, 0.717) is 22.5 Å². The van der Waals surface area contributed by atoms with Gasteiger partial charge in [0.15, 0.2) is 0 Å². The molecule has 4 heterocycles. The number of halogens is 1. The number of hydrogen-bond donors (Lipinski definition) is 3. The lowest BCUT2D eigenvalue weighted by Crippen LogP contribution is -2.45. The molecule has 0 bridgehead atoms. The number of nitrogens with zero attached hydrogens (tertiary/aromatic N) is 3. The van der Waals surface area contributed by atoms with Crippen LogP contribution in [0.2, 0.25) is 0 Å². The average Bonchev–Trinajstić information content (AvgIpc) is 3.23. The van der Waals surface area contributed by atoms with Crippen LogP contribution in [-0.4, -0.2) is 45.3 Å². The summed E-state index contributed by atoms with van der Waals surface area (Å²) in [6.07, 6.45) is 5.58. The summed E-state index contributed by atoms with van der Waals surface area (Å²) in [4.78, 5) is 25.7. The van der Waals surface area contributed by atoms with Crippen LogP contribution in [0.5, 0.6) is 0 Å². The van der Waals surface area contributed by atoms with E-state index >= 15 is 0 Å². The first-order valence-electron chi connectivity index (χ1n) is 10.5. The molecule has 0 spiro atoms.